The van der Waals surface area contributed by atoms with Crippen LogP contribution in [0.2, 0.25) is 0 Å². The molecule has 8 heteroatoms. The van der Waals surface area contributed by atoms with Gasteiger partial charge in [-0.15, -0.1) is 0 Å². The van der Waals surface area contributed by atoms with Gasteiger partial charge in [-0.3, -0.25) is 4.98 Å². The highest BCUT2D eigenvalue weighted by atomic mass is 19.4. The predicted octanol–water partition coefficient (Wildman–Crippen LogP) is 2.76. The third-order valence-corrected chi connectivity index (χ3v) is 2.50. The van der Waals surface area contributed by atoms with Gasteiger partial charge in [0.05, 0.1) is 5.56 Å². The van der Waals surface area contributed by atoms with Crippen LogP contribution in [0.5, 0.6) is 0 Å². The first kappa shape index (κ1) is 13.7. The zero-order valence-corrected chi connectivity index (χ0v) is 9.74. The smallest absolute Gasteiger partial charge is 0.384 e. The lowest BCUT2D eigenvalue weighted by Crippen LogP contribution is -2.11. The molecular formula is C12H6F4N4. The molecule has 0 aliphatic carbocycles. The van der Waals surface area contributed by atoms with Crippen molar-refractivity contribution >= 4 is 5.82 Å². The molecule has 2 aromatic rings. The van der Waals surface area contributed by atoms with E-state index in [-0.39, 0.29) is 17.1 Å². The van der Waals surface area contributed by atoms with Gasteiger partial charge in [0.2, 0.25) is 0 Å². The van der Waals surface area contributed by atoms with Crippen LogP contribution in [0.15, 0.2) is 24.5 Å². The molecule has 0 aliphatic heterocycles. The molecule has 0 unspecified atom stereocenters. The summed E-state index contributed by atoms with van der Waals surface area (Å²) < 4.78 is 51.9. The highest BCUT2D eigenvalue weighted by Gasteiger charge is 2.36. The molecule has 0 bridgehead atoms. The van der Waals surface area contributed by atoms with Crippen LogP contribution in [0.4, 0.5) is 23.4 Å². The zero-order chi connectivity index (χ0) is 14.9. The highest BCUT2D eigenvalue weighted by molar-refractivity contribution is 5.63. The van der Waals surface area contributed by atoms with Crippen molar-refractivity contribution in [3.63, 3.8) is 0 Å². The van der Waals surface area contributed by atoms with Gasteiger partial charge >= 0.3 is 6.18 Å². The van der Waals surface area contributed by atoms with Crippen LogP contribution < -0.4 is 5.73 Å². The average molecular weight is 282 g/mol. The number of aromatic nitrogens is 2. The second-order valence-electron chi connectivity index (χ2n) is 3.79. The number of nitriles is 1. The fourth-order valence-corrected chi connectivity index (χ4v) is 1.56. The molecule has 0 fully saturated rings. The molecule has 0 amide bonds. The minimum Gasteiger partial charge on any atom is -0.384 e. The second kappa shape index (κ2) is 4.77. The third-order valence-electron chi connectivity index (χ3n) is 2.50. The molecule has 2 N–H and O–H groups in total. The van der Waals surface area contributed by atoms with Crippen molar-refractivity contribution < 1.29 is 17.6 Å². The summed E-state index contributed by atoms with van der Waals surface area (Å²) in [5.41, 5.74) is 2.58. The van der Waals surface area contributed by atoms with Crippen molar-refractivity contribution in [2.75, 3.05) is 5.73 Å². The van der Waals surface area contributed by atoms with Crippen LogP contribution in [0, 0.1) is 17.1 Å². The Bertz CT molecular complexity index is 686. The van der Waals surface area contributed by atoms with E-state index in [1.165, 1.54) is 18.2 Å². The van der Waals surface area contributed by atoms with E-state index in [0.29, 0.717) is 6.20 Å². The predicted molar refractivity (Wildman–Crippen MR) is 61.6 cm³/mol. The van der Waals surface area contributed by atoms with Crippen molar-refractivity contribution in [2.24, 2.45) is 0 Å². The summed E-state index contributed by atoms with van der Waals surface area (Å²) in [6.07, 6.45) is -3.26. The molecule has 102 valence electrons. The number of anilines is 1. The summed E-state index contributed by atoms with van der Waals surface area (Å²) in [6, 6.07) is 3.91. The number of rotatable bonds is 1. The van der Waals surface area contributed by atoms with Gasteiger partial charge < -0.3 is 5.73 Å². The van der Waals surface area contributed by atoms with E-state index in [1.54, 1.807) is 0 Å². The van der Waals surface area contributed by atoms with Crippen LogP contribution in [0.3, 0.4) is 0 Å². The monoisotopic (exact) mass is 282 g/mol. The van der Waals surface area contributed by atoms with Crippen LogP contribution in [-0.2, 0) is 6.18 Å². The Morgan fingerprint density at radius 3 is 2.35 bits per heavy atom. The van der Waals surface area contributed by atoms with Crippen LogP contribution >= 0.6 is 0 Å². The van der Waals surface area contributed by atoms with E-state index in [9.17, 15) is 17.6 Å². The Morgan fingerprint density at radius 1 is 1.15 bits per heavy atom. The molecule has 0 saturated carbocycles. The Labute approximate surface area is 110 Å². The zero-order valence-electron chi connectivity index (χ0n) is 9.74. The lowest BCUT2D eigenvalue weighted by molar-refractivity contribution is -0.138. The summed E-state index contributed by atoms with van der Waals surface area (Å²) in [5.74, 6) is -1.17. The number of nitrogens with zero attached hydrogens (tertiary/aromatic N) is 3. The molecule has 2 heterocycles. The van der Waals surface area contributed by atoms with E-state index in [0.717, 1.165) is 6.20 Å². The molecule has 0 saturated heterocycles. The van der Waals surface area contributed by atoms with Crippen LogP contribution in [0.25, 0.3) is 11.3 Å². The summed E-state index contributed by atoms with van der Waals surface area (Å²) in [7, 11) is 0. The summed E-state index contributed by atoms with van der Waals surface area (Å²) in [6.45, 7) is 0. The number of hydrogen-bond donors (Lipinski definition) is 1. The van der Waals surface area contributed by atoms with Gasteiger partial charge in [-0.2, -0.15) is 18.4 Å². The Hall–Kier alpha value is -2.69. The third kappa shape index (κ3) is 2.38. The topological polar surface area (TPSA) is 75.6 Å². The number of pyridine rings is 2. The van der Waals surface area contributed by atoms with Gasteiger partial charge in [-0.1, -0.05) is 0 Å². The normalized spacial score (nSPS) is 11.2. The van der Waals surface area contributed by atoms with Crippen molar-refractivity contribution in [3.8, 4) is 17.3 Å². The highest BCUT2D eigenvalue weighted by Crippen LogP contribution is 2.34. The molecule has 0 aromatic carbocycles. The Kier molecular flexibility index (Phi) is 3.28. The van der Waals surface area contributed by atoms with E-state index >= 15 is 0 Å². The number of nitrogen functional groups attached to an aromatic ring is 1. The number of hydrogen-bond acceptors (Lipinski definition) is 4. The average Bonchev–Trinajstić information content (AvgIpc) is 2.38. The molecule has 0 atom stereocenters. The maximum absolute atomic E-state index is 14.0. The Morgan fingerprint density at radius 2 is 1.85 bits per heavy atom. The van der Waals surface area contributed by atoms with E-state index < -0.39 is 23.1 Å². The number of halogens is 4. The van der Waals surface area contributed by atoms with E-state index in [4.69, 9.17) is 11.0 Å². The molecule has 2 aromatic heterocycles. The lowest BCUT2D eigenvalue weighted by Gasteiger charge is -2.11. The van der Waals surface area contributed by atoms with Crippen molar-refractivity contribution in [3.05, 3.63) is 41.5 Å². The maximum Gasteiger partial charge on any atom is 0.419 e. The molecular weight excluding hydrogens is 276 g/mol. The summed E-state index contributed by atoms with van der Waals surface area (Å²) in [5, 5.41) is 8.72. The summed E-state index contributed by atoms with van der Waals surface area (Å²) in [4.78, 5) is 7.12. The largest absolute Gasteiger partial charge is 0.419 e. The number of alkyl halides is 3. The van der Waals surface area contributed by atoms with Crippen molar-refractivity contribution in [1.82, 2.24) is 9.97 Å². The van der Waals surface area contributed by atoms with Gasteiger partial charge in [-0.25, -0.2) is 9.37 Å². The molecule has 0 spiro atoms. The molecule has 0 radical (unpaired) electrons. The van der Waals surface area contributed by atoms with E-state index in [2.05, 4.69) is 9.97 Å². The first-order chi connectivity index (χ1) is 9.34. The molecule has 2 rings (SSSR count). The van der Waals surface area contributed by atoms with Crippen LogP contribution in [-0.4, -0.2) is 9.97 Å². The van der Waals surface area contributed by atoms with Crippen LogP contribution in [0.1, 0.15) is 11.1 Å². The molecule has 0 aliphatic rings. The SMILES string of the molecule is N#Cc1c(C(F)(F)F)cnc(-c2ccc(N)nc2)c1F. The minimum atomic E-state index is -4.85. The van der Waals surface area contributed by atoms with Gasteiger partial charge in [0.25, 0.3) is 0 Å². The molecule has 20 heavy (non-hydrogen) atoms. The van der Waals surface area contributed by atoms with Gasteiger partial charge in [0.1, 0.15) is 23.1 Å². The first-order valence-corrected chi connectivity index (χ1v) is 5.22. The standard InChI is InChI=1S/C12H6F4N4/c13-10-7(3-17)8(12(14,15)16)5-20-11(10)6-1-2-9(18)19-4-6/h1-2,4-5H,(H2,18,19). The van der Waals surface area contributed by atoms with Crippen molar-refractivity contribution in [2.45, 2.75) is 6.18 Å². The van der Waals surface area contributed by atoms with Gasteiger partial charge in [0, 0.05) is 18.0 Å². The molecule has 4 nitrogen and oxygen atoms in total. The fourth-order valence-electron chi connectivity index (χ4n) is 1.56. The van der Waals surface area contributed by atoms with Gasteiger partial charge in [-0.05, 0) is 12.1 Å². The minimum absolute atomic E-state index is 0.127. The summed E-state index contributed by atoms with van der Waals surface area (Å²) >= 11 is 0. The quantitative estimate of drug-likeness (QED) is 0.816. The number of nitrogens with two attached hydrogens (primary N) is 1. The fraction of sp³-hybridized carbons (Fsp3) is 0.0833. The lowest BCUT2D eigenvalue weighted by atomic mass is 10.1. The Balaban J connectivity index is 2.64. The van der Waals surface area contributed by atoms with E-state index in [1.807, 2.05) is 0 Å². The van der Waals surface area contributed by atoms with Gasteiger partial charge in [0.15, 0.2) is 5.82 Å². The maximum atomic E-state index is 14.0. The van der Waals surface area contributed by atoms with Crippen molar-refractivity contribution in [1.29, 1.82) is 5.26 Å². The second-order valence-corrected chi connectivity index (χ2v) is 3.79. The first-order valence-electron chi connectivity index (χ1n) is 5.22.